The van der Waals surface area contributed by atoms with Crippen LogP contribution in [-0.2, 0) is 32.0 Å². The van der Waals surface area contributed by atoms with E-state index in [-0.39, 0.29) is 63.7 Å². The van der Waals surface area contributed by atoms with E-state index >= 15 is 0 Å². The van der Waals surface area contributed by atoms with Crippen LogP contribution in [0.15, 0.2) is 0 Å². The van der Waals surface area contributed by atoms with Gasteiger partial charge in [0.2, 0.25) is 5.91 Å². The summed E-state index contributed by atoms with van der Waals surface area (Å²) in [6, 6.07) is 1.06. The van der Waals surface area contributed by atoms with Crippen LogP contribution in [0.1, 0.15) is 12.8 Å². The van der Waals surface area contributed by atoms with Crippen LogP contribution < -0.4 is 10.6 Å². The van der Waals surface area contributed by atoms with E-state index in [1.165, 1.54) is 0 Å². The molecule has 0 spiro atoms. The molecule has 0 saturated heterocycles. The Labute approximate surface area is 293 Å². The molecule has 296 valence electrons. The van der Waals surface area contributed by atoms with Gasteiger partial charge in [-0.3, -0.25) is 22.9 Å². The van der Waals surface area contributed by atoms with Crippen molar-refractivity contribution in [1.82, 2.24) is 10.6 Å². The highest BCUT2D eigenvalue weighted by Crippen LogP contribution is 2.43. The lowest BCUT2D eigenvalue weighted by molar-refractivity contribution is -0.870. The van der Waals surface area contributed by atoms with Gasteiger partial charge in [-0.25, -0.2) is 9.13 Å². The van der Waals surface area contributed by atoms with Gasteiger partial charge in [-0.15, -0.1) is 0 Å². The molecule has 0 fully saturated rings. The minimum Gasteiger partial charge on any atom is -0.399 e. The third kappa shape index (κ3) is 28.0. The van der Waals surface area contributed by atoms with Crippen LogP contribution in [-0.4, -0.2) is 210 Å². The molecule has 0 radical (unpaired) electrons. The molecule has 0 aromatic heterocycles. The molecular formula is C26H66N4O15P2Si2+2. The van der Waals surface area contributed by atoms with E-state index in [0.29, 0.717) is 60.1 Å². The summed E-state index contributed by atoms with van der Waals surface area (Å²) in [5.41, 5.74) is 0. The van der Waals surface area contributed by atoms with E-state index < -0.39 is 44.3 Å². The lowest BCUT2D eigenvalue weighted by atomic mass is 10.4. The maximum absolute atomic E-state index is 11.6. The molecule has 10 N–H and O–H groups in total. The topological polar surface area (TPSA) is 274 Å². The average molecular weight is 793 g/mol. The van der Waals surface area contributed by atoms with E-state index in [2.05, 4.69) is 15.2 Å². The van der Waals surface area contributed by atoms with Gasteiger partial charge in [0.1, 0.15) is 49.1 Å². The fourth-order valence-electron chi connectivity index (χ4n) is 3.54. The first-order valence-electron chi connectivity index (χ1n) is 16.1. The first kappa shape index (κ1) is 50.9. The fourth-order valence-corrected chi connectivity index (χ4v) is 8.32. The van der Waals surface area contributed by atoms with Crippen molar-refractivity contribution in [1.29, 1.82) is 0 Å². The second-order valence-electron chi connectivity index (χ2n) is 14.0. The number of nitrogens with one attached hydrogen (secondary N) is 2. The molecule has 0 aliphatic carbocycles. The Hall–Kier alpha value is -0.236. The van der Waals surface area contributed by atoms with Crippen molar-refractivity contribution in [3.05, 3.63) is 0 Å². The Morgan fingerprint density at radius 1 is 0.592 bits per heavy atom. The van der Waals surface area contributed by atoms with Crippen LogP contribution in [0.4, 0.5) is 0 Å². The Morgan fingerprint density at radius 2 is 0.959 bits per heavy atom. The molecule has 0 aliphatic heterocycles. The second kappa shape index (κ2) is 25.7. The van der Waals surface area contributed by atoms with Gasteiger partial charge in [0.05, 0.1) is 48.9 Å². The number of hydrogen-bond donors (Lipinski definition) is 10. The number of phosphoric acid groups is 2. The molecule has 0 aliphatic rings. The van der Waals surface area contributed by atoms with Gasteiger partial charge >= 0.3 is 15.6 Å². The van der Waals surface area contributed by atoms with E-state index in [4.69, 9.17) is 13.6 Å². The number of rotatable bonds is 29. The minimum atomic E-state index is -4.28. The van der Waals surface area contributed by atoms with E-state index in [1.54, 1.807) is 0 Å². The average Bonchev–Trinajstić information content (AvgIpc) is 3.01. The quantitative estimate of drug-likeness (QED) is 0.0159. The standard InChI is InChI=1S/C13H31N2O8PSi.C13H33N2O7PSi/c1-15(2,3)6-7-22-24(20,21)23-9-13(19)14-5-4-8-25(10-16,11-17)12-18;1-15(2,3)7-9-22-23(19,20)21-8-6-14-5-4-10-24(11-16,12-17)13-18/h16-18H,4-12H2,1-3H3,(H-,14,19,20,21);14,16-18H,4-13H2,1-3H3/p+2. The van der Waals surface area contributed by atoms with Gasteiger partial charge in [-0.1, -0.05) is 6.04 Å². The number of amides is 1. The minimum absolute atomic E-state index is 0.0229. The summed E-state index contributed by atoms with van der Waals surface area (Å²) in [4.78, 5) is 30.6. The highest BCUT2D eigenvalue weighted by Gasteiger charge is 2.31. The maximum atomic E-state index is 11.6. The third-order valence-electron chi connectivity index (χ3n) is 7.20. The summed E-state index contributed by atoms with van der Waals surface area (Å²) < 4.78 is 43.6. The normalized spacial score (nSPS) is 15.2. The van der Waals surface area contributed by atoms with Crippen LogP contribution in [0.5, 0.6) is 0 Å². The van der Waals surface area contributed by atoms with Crippen molar-refractivity contribution in [2.45, 2.75) is 24.9 Å². The molecule has 2 unspecified atom stereocenters. The summed E-state index contributed by atoms with van der Waals surface area (Å²) in [7, 11) is -1.56. The lowest BCUT2D eigenvalue weighted by Crippen LogP contribution is -2.48. The summed E-state index contributed by atoms with van der Waals surface area (Å²) >= 11 is 0. The van der Waals surface area contributed by atoms with Crippen molar-refractivity contribution < 1.29 is 81.4 Å². The smallest absolute Gasteiger partial charge is 0.399 e. The molecule has 0 bridgehead atoms. The van der Waals surface area contributed by atoms with Crippen molar-refractivity contribution in [3.63, 3.8) is 0 Å². The van der Waals surface area contributed by atoms with E-state index in [0.717, 1.165) is 0 Å². The molecule has 0 saturated carbocycles. The number of quaternary nitrogens is 2. The third-order valence-corrected chi connectivity index (χ3v) is 16.0. The number of carbonyl (C=O) groups excluding carboxylic acids is 1. The van der Waals surface area contributed by atoms with Gasteiger partial charge in [-0.2, -0.15) is 0 Å². The zero-order chi connectivity index (χ0) is 38.3. The van der Waals surface area contributed by atoms with Crippen LogP contribution >= 0.6 is 15.6 Å². The van der Waals surface area contributed by atoms with E-state index in [9.17, 15) is 54.4 Å². The molecular weight excluding hydrogens is 726 g/mol. The van der Waals surface area contributed by atoms with Crippen molar-refractivity contribution in [2.24, 2.45) is 0 Å². The second-order valence-corrected chi connectivity index (χ2v) is 25.8. The van der Waals surface area contributed by atoms with Gasteiger partial charge in [0.15, 0.2) is 0 Å². The molecule has 0 rings (SSSR count). The number of hydrogen-bond acceptors (Lipinski definition) is 14. The molecule has 23 heteroatoms. The highest BCUT2D eigenvalue weighted by atomic mass is 31.2. The number of nitrogens with zero attached hydrogens (tertiary/aromatic N) is 2. The largest absolute Gasteiger partial charge is 0.472 e. The first-order chi connectivity index (χ1) is 22.6. The molecule has 0 aromatic rings. The van der Waals surface area contributed by atoms with Crippen LogP contribution in [0.25, 0.3) is 0 Å². The first-order valence-corrected chi connectivity index (χ1v) is 24.7. The van der Waals surface area contributed by atoms with E-state index in [1.807, 2.05) is 42.3 Å². The van der Waals surface area contributed by atoms with Crippen molar-refractivity contribution >= 4 is 37.7 Å². The molecule has 0 aromatic carbocycles. The van der Waals surface area contributed by atoms with Crippen molar-refractivity contribution in [3.8, 4) is 0 Å². The Kier molecular flexibility index (Phi) is 26.7. The van der Waals surface area contributed by atoms with Gasteiger partial charge in [0.25, 0.3) is 0 Å². The molecule has 49 heavy (non-hydrogen) atoms. The zero-order valence-electron chi connectivity index (χ0n) is 30.2. The number of aliphatic hydroxyl groups is 6. The molecule has 0 heterocycles. The number of aliphatic hydroxyl groups excluding tert-OH is 6. The fraction of sp³-hybridized carbons (Fsp3) is 0.962. The number of likely N-dealkylation sites (N-methyl/N-ethyl adjacent to an activating group) is 2. The molecule has 1 amide bonds. The summed E-state index contributed by atoms with van der Waals surface area (Å²) in [5.74, 6) is -0.575. The van der Waals surface area contributed by atoms with Crippen LogP contribution in [0, 0.1) is 0 Å². The van der Waals surface area contributed by atoms with Crippen molar-refractivity contribution in [2.75, 3.05) is 139 Å². The Bertz CT molecular complexity index is 953. The Morgan fingerprint density at radius 3 is 1.35 bits per heavy atom. The van der Waals surface area contributed by atoms with Gasteiger partial charge in [0, 0.05) is 50.5 Å². The monoisotopic (exact) mass is 792 g/mol. The summed E-state index contributed by atoms with van der Waals surface area (Å²) in [6.07, 6.45) is 0.0749. The summed E-state index contributed by atoms with van der Waals surface area (Å²) in [5, 5.41) is 61.0. The van der Waals surface area contributed by atoms with Crippen LogP contribution in [0.2, 0.25) is 12.1 Å². The van der Waals surface area contributed by atoms with Crippen LogP contribution in [0.3, 0.4) is 0 Å². The summed E-state index contributed by atoms with van der Waals surface area (Å²) in [6.45, 7) is 1.93. The predicted octanol–water partition coefficient (Wildman–Crippen LogP) is -2.77. The SMILES string of the molecule is C[N+](C)(C)CCOP(=O)(O)OCC(=O)NCCC[Si](CO)(CO)CO.C[N+](C)(C)CCOP(=O)(O)OCCNCCC[Si](CO)(CO)CO. The zero-order valence-corrected chi connectivity index (χ0v) is 33.9. The maximum Gasteiger partial charge on any atom is 0.472 e. The number of phosphoric ester groups is 2. The van der Waals surface area contributed by atoms with Gasteiger partial charge in [-0.05, 0) is 25.4 Å². The predicted molar refractivity (Wildman–Crippen MR) is 188 cm³/mol. The Balaban J connectivity index is 0. The highest BCUT2D eigenvalue weighted by molar-refractivity contribution is 7.47. The lowest BCUT2D eigenvalue weighted by Gasteiger charge is -2.24. The molecule has 19 nitrogen and oxygen atoms in total. The molecule has 2 atom stereocenters. The number of carbonyl (C=O) groups is 1. The van der Waals surface area contributed by atoms with Gasteiger partial charge < -0.3 is 60.0 Å².